The number of para-hydroxylation sites is 2. The molecule has 2 aromatic carbocycles. The van der Waals surface area contributed by atoms with Gasteiger partial charge in [0.25, 0.3) is 5.69 Å². The number of nitro groups is 1. The zero-order valence-corrected chi connectivity index (χ0v) is 16.3. The SMILES string of the molecule is O=C(CCNc1ccccc1[N+](=O)[O-])NCC1CN(Cc2ccccc2)CCO1. The summed E-state index contributed by atoms with van der Waals surface area (Å²) in [4.78, 5) is 25.0. The van der Waals surface area contributed by atoms with E-state index in [0.717, 1.165) is 19.6 Å². The molecule has 1 aliphatic rings. The average Bonchev–Trinajstić information content (AvgIpc) is 2.73. The highest BCUT2D eigenvalue weighted by Crippen LogP contribution is 2.22. The van der Waals surface area contributed by atoms with Crippen LogP contribution in [-0.4, -0.2) is 54.6 Å². The summed E-state index contributed by atoms with van der Waals surface area (Å²) < 4.78 is 5.77. The maximum atomic E-state index is 12.1. The number of carbonyl (C=O) groups is 1. The molecule has 1 fully saturated rings. The molecule has 1 unspecified atom stereocenters. The van der Waals surface area contributed by atoms with Gasteiger partial charge < -0.3 is 15.4 Å². The molecule has 2 N–H and O–H groups in total. The second-order valence-electron chi connectivity index (χ2n) is 6.97. The molecule has 0 saturated carbocycles. The Labute approximate surface area is 170 Å². The van der Waals surface area contributed by atoms with E-state index in [1.807, 2.05) is 18.2 Å². The van der Waals surface area contributed by atoms with Crippen molar-refractivity contribution in [2.45, 2.75) is 19.1 Å². The van der Waals surface area contributed by atoms with E-state index >= 15 is 0 Å². The number of amides is 1. The molecule has 29 heavy (non-hydrogen) atoms. The standard InChI is InChI=1S/C21H26N4O4/c26-21(10-11-22-19-8-4-5-9-20(19)25(27)28)23-14-18-16-24(12-13-29-18)15-17-6-2-1-3-7-17/h1-9,18,22H,10-16H2,(H,23,26). The minimum Gasteiger partial charge on any atom is -0.379 e. The zero-order valence-electron chi connectivity index (χ0n) is 16.3. The van der Waals surface area contributed by atoms with Crippen LogP contribution in [0.3, 0.4) is 0 Å². The summed E-state index contributed by atoms with van der Waals surface area (Å²) in [5, 5.41) is 16.9. The van der Waals surface area contributed by atoms with Gasteiger partial charge in [-0.15, -0.1) is 0 Å². The largest absolute Gasteiger partial charge is 0.379 e. The molecule has 1 amide bonds. The van der Waals surface area contributed by atoms with Crippen LogP contribution in [0.2, 0.25) is 0 Å². The van der Waals surface area contributed by atoms with Gasteiger partial charge >= 0.3 is 0 Å². The van der Waals surface area contributed by atoms with Gasteiger partial charge in [0.15, 0.2) is 0 Å². The third kappa shape index (κ3) is 6.55. The van der Waals surface area contributed by atoms with Gasteiger partial charge in [0.1, 0.15) is 5.69 Å². The van der Waals surface area contributed by atoms with Crippen LogP contribution in [0.5, 0.6) is 0 Å². The third-order valence-corrected chi connectivity index (χ3v) is 4.77. The summed E-state index contributed by atoms with van der Waals surface area (Å²) >= 11 is 0. The molecule has 2 aromatic rings. The van der Waals surface area contributed by atoms with E-state index in [2.05, 4.69) is 27.7 Å². The summed E-state index contributed by atoms with van der Waals surface area (Å²) in [5.74, 6) is -0.111. The Hall–Kier alpha value is -2.97. The Morgan fingerprint density at radius 1 is 1.17 bits per heavy atom. The van der Waals surface area contributed by atoms with Gasteiger partial charge in [-0.3, -0.25) is 19.8 Å². The maximum absolute atomic E-state index is 12.1. The molecular formula is C21H26N4O4. The van der Waals surface area contributed by atoms with Gasteiger partial charge in [0.2, 0.25) is 5.91 Å². The predicted molar refractivity (Wildman–Crippen MR) is 111 cm³/mol. The first-order chi connectivity index (χ1) is 14.1. The first kappa shape index (κ1) is 20.8. The van der Waals surface area contributed by atoms with Crippen LogP contribution in [0, 0.1) is 10.1 Å². The topological polar surface area (TPSA) is 96.7 Å². The minimum atomic E-state index is -0.440. The van der Waals surface area contributed by atoms with Gasteiger partial charge in [-0.05, 0) is 11.6 Å². The van der Waals surface area contributed by atoms with Crippen LogP contribution in [0.4, 0.5) is 11.4 Å². The second-order valence-corrected chi connectivity index (χ2v) is 6.97. The van der Waals surface area contributed by atoms with Crippen molar-refractivity contribution in [3.63, 3.8) is 0 Å². The normalized spacial score (nSPS) is 16.9. The van der Waals surface area contributed by atoms with Crippen molar-refractivity contribution in [3.05, 3.63) is 70.3 Å². The highest BCUT2D eigenvalue weighted by atomic mass is 16.6. The van der Waals surface area contributed by atoms with Crippen molar-refractivity contribution in [3.8, 4) is 0 Å². The van der Waals surface area contributed by atoms with Gasteiger partial charge in [0.05, 0.1) is 17.6 Å². The molecule has 0 radical (unpaired) electrons. The number of nitro benzene ring substituents is 1. The fourth-order valence-corrected chi connectivity index (χ4v) is 3.30. The highest BCUT2D eigenvalue weighted by Gasteiger charge is 2.21. The molecule has 3 rings (SSSR count). The van der Waals surface area contributed by atoms with E-state index in [4.69, 9.17) is 4.74 Å². The lowest BCUT2D eigenvalue weighted by atomic mass is 10.2. The van der Waals surface area contributed by atoms with Crippen molar-refractivity contribution < 1.29 is 14.5 Å². The molecule has 1 atom stereocenters. The van der Waals surface area contributed by atoms with E-state index in [0.29, 0.717) is 25.4 Å². The van der Waals surface area contributed by atoms with Crippen molar-refractivity contribution in [1.82, 2.24) is 10.2 Å². The number of hydrogen-bond acceptors (Lipinski definition) is 6. The van der Waals surface area contributed by atoms with Crippen LogP contribution >= 0.6 is 0 Å². The molecule has 0 aromatic heterocycles. The number of nitrogens with zero attached hydrogens (tertiary/aromatic N) is 2. The van der Waals surface area contributed by atoms with Crippen LogP contribution in [0.1, 0.15) is 12.0 Å². The number of morpholine rings is 1. The number of anilines is 1. The molecule has 0 aliphatic carbocycles. The predicted octanol–water partition coefficient (Wildman–Crippen LogP) is 2.41. The lowest BCUT2D eigenvalue weighted by Crippen LogP contribution is -2.47. The third-order valence-electron chi connectivity index (χ3n) is 4.77. The van der Waals surface area contributed by atoms with E-state index in [1.165, 1.54) is 11.6 Å². The Morgan fingerprint density at radius 2 is 1.93 bits per heavy atom. The van der Waals surface area contributed by atoms with E-state index < -0.39 is 4.92 Å². The number of carbonyl (C=O) groups excluding carboxylic acids is 1. The molecule has 8 nitrogen and oxygen atoms in total. The summed E-state index contributed by atoms with van der Waals surface area (Å²) in [6.45, 7) is 3.93. The fourth-order valence-electron chi connectivity index (χ4n) is 3.30. The zero-order chi connectivity index (χ0) is 20.5. The average molecular weight is 398 g/mol. The summed E-state index contributed by atoms with van der Waals surface area (Å²) in [7, 11) is 0. The van der Waals surface area contributed by atoms with E-state index in [9.17, 15) is 14.9 Å². The van der Waals surface area contributed by atoms with Gasteiger partial charge in [0, 0.05) is 45.2 Å². The lowest BCUT2D eigenvalue weighted by molar-refractivity contribution is -0.384. The summed E-state index contributed by atoms with van der Waals surface area (Å²) in [5.41, 5.74) is 1.68. The first-order valence-corrected chi connectivity index (χ1v) is 9.73. The Morgan fingerprint density at radius 3 is 2.72 bits per heavy atom. The number of ether oxygens (including phenoxy) is 1. The van der Waals surface area contributed by atoms with Crippen molar-refractivity contribution in [2.75, 3.05) is 38.1 Å². The number of nitrogens with one attached hydrogen (secondary N) is 2. The fraction of sp³-hybridized carbons (Fsp3) is 0.381. The molecular weight excluding hydrogens is 372 g/mol. The number of rotatable bonds is 9. The number of benzene rings is 2. The van der Waals surface area contributed by atoms with Crippen LogP contribution in [0.15, 0.2) is 54.6 Å². The molecule has 0 bridgehead atoms. The molecule has 0 spiro atoms. The summed E-state index contributed by atoms with van der Waals surface area (Å²) in [6, 6.07) is 16.7. The molecule has 8 heteroatoms. The van der Waals surface area contributed by atoms with Crippen molar-refractivity contribution in [2.24, 2.45) is 0 Å². The summed E-state index contributed by atoms with van der Waals surface area (Å²) in [6.07, 6.45) is 0.187. The molecule has 1 heterocycles. The van der Waals surface area contributed by atoms with Gasteiger partial charge in [-0.2, -0.15) is 0 Å². The molecule has 1 aliphatic heterocycles. The van der Waals surface area contributed by atoms with Crippen LogP contribution in [0.25, 0.3) is 0 Å². The smallest absolute Gasteiger partial charge is 0.292 e. The Kier molecular flexibility index (Phi) is 7.54. The quantitative estimate of drug-likeness (QED) is 0.497. The highest BCUT2D eigenvalue weighted by molar-refractivity contribution is 5.76. The minimum absolute atomic E-state index is 0.00187. The van der Waals surface area contributed by atoms with Crippen LogP contribution < -0.4 is 10.6 Å². The van der Waals surface area contributed by atoms with E-state index in [-0.39, 0.29) is 24.1 Å². The Bertz CT molecular complexity index is 815. The number of hydrogen-bond donors (Lipinski definition) is 2. The molecule has 154 valence electrons. The molecule has 1 saturated heterocycles. The first-order valence-electron chi connectivity index (χ1n) is 9.73. The Balaban J connectivity index is 1.37. The van der Waals surface area contributed by atoms with Crippen molar-refractivity contribution in [1.29, 1.82) is 0 Å². The van der Waals surface area contributed by atoms with E-state index in [1.54, 1.807) is 18.2 Å². The van der Waals surface area contributed by atoms with Gasteiger partial charge in [-0.1, -0.05) is 42.5 Å². The van der Waals surface area contributed by atoms with Gasteiger partial charge in [-0.25, -0.2) is 0 Å². The van der Waals surface area contributed by atoms with Crippen LogP contribution in [-0.2, 0) is 16.1 Å². The maximum Gasteiger partial charge on any atom is 0.292 e. The monoisotopic (exact) mass is 398 g/mol. The van der Waals surface area contributed by atoms with Crippen molar-refractivity contribution >= 4 is 17.3 Å². The second kappa shape index (κ2) is 10.5. The lowest BCUT2D eigenvalue weighted by Gasteiger charge is -2.33.